The molecule has 0 saturated heterocycles. The van der Waals surface area contributed by atoms with Crippen molar-refractivity contribution in [1.29, 1.82) is 0 Å². The average molecular weight is 380 g/mol. The van der Waals surface area contributed by atoms with Crippen LogP contribution in [0.1, 0.15) is 21.5 Å². The van der Waals surface area contributed by atoms with E-state index in [1.165, 1.54) is 12.1 Å². The van der Waals surface area contributed by atoms with Crippen LogP contribution in [0.5, 0.6) is 0 Å². The van der Waals surface area contributed by atoms with E-state index < -0.39 is 46.5 Å². The van der Waals surface area contributed by atoms with Crippen LogP contribution in [0, 0.1) is 24.4 Å². The molecule has 2 N–H and O–H groups in total. The van der Waals surface area contributed by atoms with Gasteiger partial charge in [0.1, 0.15) is 17.5 Å². The number of ether oxygens (including phenoxy) is 1. The number of amides is 2. The van der Waals surface area contributed by atoms with Crippen molar-refractivity contribution >= 4 is 23.5 Å². The number of aryl methyl sites for hydroxylation is 1. The monoisotopic (exact) mass is 380 g/mol. The first-order chi connectivity index (χ1) is 12.7. The summed E-state index contributed by atoms with van der Waals surface area (Å²) in [6.45, 7) is 1.44. The number of hydrogen-bond donors (Lipinski definition) is 2. The second kappa shape index (κ2) is 8.35. The molecule has 27 heavy (non-hydrogen) atoms. The van der Waals surface area contributed by atoms with Crippen LogP contribution < -0.4 is 10.6 Å². The molecule has 0 atom stereocenters. The smallest absolute Gasteiger partial charge is 0.340 e. The van der Waals surface area contributed by atoms with E-state index in [9.17, 15) is 27.6 Å². The zero-order chi connectivity index (χ0) is 20.1. The number of nitrogens with one attached hydrogen (secondary N) is 2. The number of anilines is 1. The molecule has 2 aromatic carbocycles. The third-order valence-electron chi connectivity index (χ3n) is 3.61. The number of esters is 1. The first-order valence-electron chi connectivity index (χ1n) is 7.64. The third kappa shape index (κ3) is 4.84. The van der Waals surface area contributed by atoms with Crippen molar-refractivity contribution in [2.75, 3.05) is 12.4 Å². The molecule has 2 aromatic rings. The number of benzene rings is 2. The topological polar surface area (TPSA) is 84.5 Å². The van der Waals surface area contributed by atoms with Gasteiger partial charge < -0.3 is 15.4 Å². The molecule has 2 rings (SSSR count). The van der Waals surface area contributed by atoms with Gasteiger partial charge in [0.05, 0.1) is 18.4 Å². The quantitative estimate of drug-likeness (QED) is 0.630. The normalized spacial score (nSPS) is 10.3. The summed E-state index contributed by atoms with van der Waals surface area (Å²) < 4.78 is 45.1. The molecule has 0 fully saturated rings. The van der Waals surface area contributed by atoms with E-state index in [0.717, 1.165) is 13.2 Å². The Labute approximate surface area is 152 Å². The largest absolute Gasteiger partial charge is 0.465 e. The van der Waals surface area contributed by atoms with Crippen LogP contribution in [0.4, 0.5) is 18.9 Å². The van der Waals surface area contributed by atoms with Crippen LogP contribution in [0.3, 0.4) is 0 Å². The lowest BCUT2D eigenvalue weighted by Gasteiger charge is -2.10. The predicted octanol–water partition coefficient (Wildman–Crippen LogP) is 2.45. The molecule has 0 aromatic heterocycles. The van der Waals surface area contributed by atoms with Crippen molar-refractivity contribution in [2.45, 2.75) is 13.5 Å². The van der Waals surface area contributed by atoms with Crippen molar-refractivity contribution in [3.05, 3.63) is 64.5 Å². The highest BCUT2D eigenvalue weighted by atomic mass is 19.1. The zero-order valence-electron chi connectivity index (χ0n) is 14.4. The Morgan fingerprint density at radius 1 is 0.963 bits per heavy atom. The van der Waals surface area contributed by atoms with Crippen molar-refractivity contribution in [2.24, 2.45) is 0 Å². The van der Waals surface area contributed by atoms with Crippen molar-refractivity contribution in [1.82, 2.24) is 5.32 Å². The van der Waals surface area contributed by atoms with Gasteiger partial charge in [0.15, 0.2) is 0 Å². The Hall–Kier alpha value is -3.36. The fourth-order valence-electron chi connectivity index (χ4n) is 2.10. The number of rotatable bonds is 4. The van der Waals surface area contributed by atoms with E-state index in [1.807, 2.05) is 5.32 Å². The summed E-state index contributed by atoms with van der Waals surface area (Å²) in [5.74, 6) is -6.27. The van der Waals surface area contributed by atoms with Gasteiger partial charge in [0, 0.05) is 12.6 Å². The van der Waals surface area contributed by atoms with E-state index in [-0.39, 0.29) is 6.54 Å². The minimum atomic E-state index is -1.25. The number of halogens is 3. The van der Waals surface area contributed by atoms with E-state index in [2.05, 4.69) is 10.1 Å². The molecule has 0 heterocycles. The van der Waals surface area contributed by atoms with Crippen LogP contribution in [0.2, 0.25) is 0 Å². The number of hydrogen-bond acceptors (Lipinski definition) is 4. The summed E-state index contributed by atoms with van der Waals surface area (Å²) in [4.78, 5) is 35.1. The maximum Gasteiger partial charge on any atom is 0.340 e. The lowest BCUT2D eigenvalue weighted by molar-refractivity contribution is -0.136. The van der Waals surface area contributed by atoms with E-state index in [4.69, 9.17) is 0 Å². The Morgan fingerprint density at radius 2 is 1.67 bits per heavy atom. The Balaban J connectivity index is 2.06. The highest BCUT2D eigenvalue weighted by Crippen LogP contribution is 2.20. The lowest BCUT2D eigenvalue weighted by Crippen LogP contribution is -2.35. The molecule has 0 aliphatic rings. The van der Waals surface area contributed by atoms with Crippen LogP contribution in [0.15, 0.2) is 30.3 Å². The van der Waals surface area contributed by atoms with Gasteiger partial charge in [-0.1, -0.05) is 12.1 Å². The van der Waals surface area contributed by atoms with Gasteiger partial charge in [-0.3, -0.25) is 9.59 Å². The Kier molecular flexibility index (Phi) is 6.17. The van der Waals surface area contributed by atoms with Gasteiger partial charge in [-0.25, -0.2) is 18.0 Å². The van der Waals surface area contributed by atoms with Gasteiger partial charge in [-0.2, -0.15) is 0 Å². The minimum absolute atomic E-state index is 0.136. The van der Waals surface area contributed by atoms with Gasteiger partial charge >= 0.3 is 17.8 Å². The molecule has 0 spiro atoms. The summed E-state index contributed by atoms with van der Waals surface area (Å²) >= 11 is 0. The second-order valence-electron chi connectivity index (χ2n) is 5.52. The third-order valence-corrected chi connectivity index (χ3v) is 3.61. The Morgan fingerprint density at radius 3 is 2.30 bits per heavy atom. The van der Waals surface area contributed by atoms with Crippen LogP contribution >= 0.6 is 0 Å². The van der Waals surface area contributed by atoms with Crippen molar-refractivity contribution in [3.8, 4) is 0 Å². The lowest BCUT2D eigenvalue weighted by atomic mass is 10.1. The summed E-state index contributed by atoms with van der Waals surface area (Å²) in [7, 11) is 1.00. The molecule has 142 valence electrons. The molecule has 0 aliphatic heterocycles. The first-order valence-corrected chi connectivity index (χ1v) is 7.64. The van der Waals surface area contributed by atoms with E-state index >= 15 is 0 Å². The summed E-state index contributed by atoms with van der Waals surface area (Å²) in [5.41, 5.74) is -0.334. The summed E-state index contributed by atoms with van der Waals surface area (Å²) in [6.07, 6.45) is 0. The molecule has 2 amide bonds. The van der Waals surface area contributed by atoms with Gasteiger partial charge in [0.25, 0.3) is 0 Å². The molecule has 0 saturated carbocycles. The average Bonchev–Trinajstić information content (AvgIpc) is 2.63. The van der Waals surface area contributed by atoms with Crippen molar-refractivity contribution in [3.63, 3.8) is 0 Å². The predicted molar refractivity (Wildman–Crippen MR) is 89.3 cm³/mol. The SMILES string of the molecule is COC(=O)c1cc(NC(=O)C(=O)NCc2ccc(C)c(F)c2)c(F)cc1F. The highest BCUT2D eigenvalue weighted by Gasteiger charge is 2.20. The Bertz CT molecular complexity index is 916. The first kappa shape index (κ1) is 20.0. The molecule has 0 aliphatic carbocycles. The maximum atomic E-state index is 13.8. The van der Waals surface area contributed by atoms with E-state index in [0.29, 0.717) is 17.2 Å². The maximum absolute atomic E-state index is 13.8. The molecular formula is C18H15F3N2O4. The van der Waals surface area contributed by atoms with E-state index in [1.54, 1.807) is 13.0 Å². The molecule has 0 bridgehead atoms. The minimum Gasteiger partial charge on any atom is -0.465 e. The summed E-state index contributed by atoms with van der Waals surface area (Å²) in [5, 5.41) is 4.18. The molecule has 0 radical (unpaired) electrons. The zero-order valence-corrected chi connectivity index (χ0v) is 14.4. The van der Waals surface area contributed by atoms with Crippen LogP contribution in [0.25, 0.3) is 0 Å². The molecule has 0 unspecified atom stereocenters. The standard InChI is InChI=1S/C18H15F3N2O4/c1-9-3-4-10(5-12(9)19)8-22-16(24)17(25)23-15-6-11(18(26)27-2)13(20)7-14(15)21/h3-7H,8H2,1-2H3,(H,22,24)(H,23,25). The molecule has 6 nitrogen and oxygen atoms in total. The number of methoxy groups -OCH3 is 1. The molecular weight excluding hydrogens is 365 g/mol. The van der Waals surface area contributed by atoms with Crippen LogP contribution in [-0.2, 0) is 20.9 Å². The second-order valence-corrected chi connectivity index (χ2v) is 5.52. The fraction of sp³-hybridized carbons (Fsp3) is 0.167. The molecule has 9 heteroatoms. The van der Waals surface area contributed by atoms with Crippen molar-refractivity contribution < 1.29 is 32.3 Å². The summed E-state index contributed by atoms with van der Waals surface area (Å²) in [6, 6.07) is 5.39. The number of carbonyl (C=O) groups excluding carboxylic acids is 3. The fourth-order valence-corrected chi connectivity index (χ4v) is 2.10. The van der Waals surface area contributed by atoms with Gasteiger partial charge in [-0.05, 0) is 30.2 Å². The van der Waals surface area contributed by atoms with Gasteiger partial charge in [0.2, 0.25) is 0 Å². The van der Waals surface area contributed by atoms with Gasteiger partial charge in [-0.15, -0.1) is 0 Å². The van der Waals surface area contributed by atoms with Crippen LogP contribution in [-0.4, -0.2) is 24.9 Å². The highest BCUT2D eigenvalue weighted by molar-refractivity contribution is 6.39. The number of carbonyl (C=O) groups is 3.